The van der Waals surface area contributed by atoms with E-state index in [4.69, 9.17) is 15.4 Å². The largest absolute Gasteiger partial charge is 0.496 e. The van der Waals surface area contributed by atoms with Crippen LogP contribution in [0.25, 0.3) is 0 Å². The SMILES string of the molecule is COc1ccc(F)cc1C(C)S(=O)(=O)Cl. The van der Waals surface area contributed by atoms with Crippen LogP contribution >= 0.6 is 10.7 Å². The first-order chi connectivity index (χ1) is 6.86. The average molecular weight is 253 g/mol. The van der Waals surface area contributed by atoms with Gasteiger partial charge in [-0.15, -0.1) is 0 Å². The molecule has 0 aliphatic heterocycles. The van der Waals surface area contributed by atoms with Crippen molar-refractivity contribution >= 4 is 19.7 Å². The molecule has 0 saturated heterocycles. The Labute approximate surface area is 92.2 Å². The quantitative estimate of drug-likeness (QED) is 0.776. The highest BCUT2D eigenvalue weighted by molar-refractivity contribution is 8.13. The number of benzene rings is 1. The van der Waals surface area contributed by atoms with E-state index in [1.807, 2.05) is 0 Å². The summed E-state index contributed by atoms with van der Waals surface area (Å²) in [4.78, 5) is 0. The molecule has 0 radical (unpaired) electrons. The van der Waals surface area contributed by atoms with E-state index in [0.717, 1.165) is 6.07 Å². The van der Waals surface area contributed by atoms with Gasteiger partial charge in [-0.3, -0.25) is 0 Å². The van der Waals surface area contributed by atoms with Gasteiger partial charge in [0.2, 0.25) is 9.05 Å². The van der Waals surface area contributed by atoms with Crippen molar-refractivity contribution in [2.45, 2.75) is 12.2 Å². The van der Waals surface area contributed by atoms with Crippen LogP contribution in [0.1, 0.15) is 17.7 Å². The molecule has 0 saturated carbocycles. The minimum absolute atomic E-state index is 0.215. The summed E-state index contributed by atoms with van der Waals surface area (Å²) in [7, 11) is 2.79. The Morgan fingerprint density at radius 3 is 2.53 bits per heavy atom. The third kappa shape index (κ3) is 2.82. The van der Waals surface area contributed by atoms with E-state index in [0.29, 0.717) is 5.75 Å². The van der Waals surface area contributed by atoms with Crippen molar-refractivity contribution in [3.8, 4) is 5.75 Å². The van der Waals surface area contributed by atoms with Crippen molar-refractivity contribution in [2.75, 3.05) is 7.11 Å². The minimum atomic E-state index is -3.78. The zero-order valence-corrected chi connectivity index (χ0v) is 9.77. The van der Waals surface area contributed by atoms with E-state index in [9.17, 15) is 12.8 Å². The van der Waals surface area contributed by atoms with Gasteiger partial charge in [0.25, 0.3) is 0 Å². The van der Waals surface area contributed by atoms with E-state index < -0.39 is 20.1 Å². The third-order valence-corrected chi connectivity index (χ3v) is 3.95. The van der Waals surface area contributed by atoms with E-state index in [2.05, 4.69) is 0 Å². The minimum Gasteiger partial charge on any atom is -0.496 e. The van der Waals surface area contributed by atoms with Crippen LogP contribution in [-0.4, -0.2) is 15.5 Å². The van der Waals surface area contributed by atoms with E-state index >= 15 is 0 Å². The van der Waals surface area contributed by atoms with Crippen molar-refractivity contribution in [3.63, 3.8) is 0 Å². The Hall–Kier alpha value is -0.810. The lowest BCUT2D eigenvalue weighted by Crippen LogP contribution is -2.05. The van der Waals surface area contributed by atoms with E-state index in [-0.39, 0.29) is 5.56 Å². The van der Waals surface area contributed by atoms with Gasteiger partial charge in [-0.25, -0.2) is 12.8 Å². The summed E-state index contributed by atoms with van der Waals surface area (Å²) >= 11 is 0. The predicted octanol–water partition coefficient (Wildman–Crippen LogP) is 2.46. The Kier molecular flexibility index (Phi) is 3.57. The monoisotopic (exact) mass is 252 g/mol. The molecule has 3 nitrogen and oxygen atoms in total. The Balaban J connectivity index is 3.29. The van der Waals surface area contributed by atoms with Crippen molar-refractivity contribution in [1.82, 2.24) is 0 Å². The summed E-state index contributed by atoms with van der Waals surface area (Å²) in [5.41, 5.74) is 0.215. The first kappa shape index (κ1) is 12.3. The second-order valence-corrected chi connectivity index (χ2v) is 5.95. The molecular weight excluding hydrogens is 243 g/mol. The molecule has 0 heterocycles. The number of hydrogen-bond donors (Lipinski definition) is 0. The van der Waals surface area contributed by atoms with Gasteiger partial charge >= 0.3 is 0 Å². The van der Waals surface area contributed by atoms with Crippen molar-refractivity contribution in [2.24, 2.45) is 0 Å². The highest BCUT2D eigenvalue weighted by atomic mass is 35.7. The fourth-order valence-corrected chi connectivity index (χ4v) is 1.95. The van der Waals surface area contributed by atoms with Crippen LogP contribution < -0.4 is 4.74 Å². The van der Waals surface area contributed by atoms with Crippen LogP contribution in [0, 0.1) is 5.82 Å². The van der Waals surface area contributed by atoms with Crippen LogP contribution in [0.3, 0.4) is 0 Å². The first-order valence-electron chi connectivity index (χ1n) is 4.13. The van der Waals surface area contributed by atoms with E-state index in [1.54, 1.807) is 0 Å². The molecule has 0 aliphatic rings. The molecular formula is C9H10ClFO3S. The molecule has 0 bridgehead atoms. The molecule has 1 aromatic carbocycles. The fourth-order valence-electron chi connectivity index (χ4n) is 1.17. The van der Waals surface area contributed by atoms with Gasteiger partial charge in [0.05, 0.1) is 7.11 Å². The molecule has 1 unspecified atom stereocenters. The molecule has 1 aromatic rings. The molecule has 1 atom stereocenters. The maximum Gasteiger partial charge on any atom is 0.239 e. The highest BCUT2D eigenvalue weighted by Crippen LogP contribution is 2.32. The zero-order chi connectivity index (χ0) is 11.6. The lowest BCUT2D eigenvalue weighted by molar-refractivity contribution is 0.408. The summed E-state index contributed by atoms with van der Waals surface area (Å²) in [6.07, 6.45) is 0. The number of hydrogen-bond acceptors (Lipinski definition) is 3. The van der Waals surface area contributed by atoms with Crippen molar-refractivity contribution in [3.05, 3.63) is 29.6 Å². The Morgan fingerprint density at radius 2 is 2.07 bits per heavy atom. The molecule has 0 amide bonds. The number of ether oxygens (including phenoxy) is 1. The summed E-state index contributed by atoms with van der Waals surface area (Å²) < 4.78 is 40.1. The molecule has 84 valence electrons. The van der Waals surface area contributed by atoms with Gasteiger partial charge < -0.3 is 4.74 Å². The predicted molar refractivity (Wildman–Crippen MR) is 56.1 cm³/mol. The van der Waals surface area contributed by atoms with Gasteiger partial charge in [0, 0.05) is 16.2 Å². The van der Waals surface area contributed by atoms with Gasteiger partial charge in [0.1, 0.15) is 16.8 Å². The smallest absolute Gasteiger partial charge is 0.239 e. The lowest BCUT2D eigenvalue weighted by Gasteiger charge is -2.12. The zero-order valence-electron chi connectivity index (χ0n) is 8.20. The van der Waals surface area contributed by atoms with Gasteiger partial charge in [-0.05, 0) is 25.1 Å². The second kappa shape index (κ2) is 4.37. The average Bonchev–Trinajstić information content (AvgIpc) is 2.15. The molecule has 0 fully saturated rings. The number of halogens is 2. The van der Waals surface area contributed by atoms with E-state index in [1.165, 1.54) is 26.2 Å². The van der Waals surface area contributed by atoms with Gasteiger partial charge in [0.15, 0.2) is 0 Å². The molecule has 6 heteroatoms. The topological polar surface area (TPSA) is 43.4 Å². The molecule has 15 heavy (non-hydrogen) atoms. The third-order valence-electron chi connectivity index (χ3n) is 2.05. The number of methoxy groups -OCH3 is 1. The van der Waals surface area contributed by atoms with Crippen LogP contribution in [0.5, 0.6) is 5.75 Å². The summed E-state index contributed by atoms with van der Waals surface area (Å²) in [5.74, 6) is -0.230. The Morgan fingerprint density at radius 1 is 1.47 bits per heavy atom. The normalized spacial score (nSPS) is 13.6. The van der Waals surface area contributed by atoms with Crippen molar-refractivity contribution < 1.29 is 17.5 Å². The lowest BCUT2D eigenvalue weighted by atomic mass is 10.1. The van der Waals surface area contributed by atoms with Crippen LogP contribution in [0.4, 0.5) is 4.39 Å². The maximum absolute atomic E-state index is 12.9. The van der Waals surface area contributed by atoms with Crippen LogP contribution in [0.15, 0.2) is 18.2 Å². The summed E-state index contributed by atoms with van der Waals surface area (Å²) in [6, 6.07) is 3.66. The fraction of sp³-hybridized carbons (Fsp3) is 0.333. The Bertz CT molecular complexity index is 458. The van der Waals surface area contributed by atoms with Crippen molar-refractivity contribution in [1.29, 1.82) is 0 Å². The molecule has 0 aromatic heterocycles. The molecule has 1 rings (SSSR count). The van der Waals surface area contributed by atoms with Crippen LogP contribution in [0.2, 0.25) is 0 Å². The first-order valence-corrected chi connectivity index (χ1v) is 6.50. The maximum atomic E-state index is 12.9. The summed E-state index contributed by atoms with van der Waals surface area (Å²) in [6.45, 7) is 1.37. The molecule has 0 spiro atoms. The second-order valence-electron chi connectivity index (χ2n) is 3.00. The standard InChI is InChI=1S/C9H10ClFO3S/c1-6(15(10,12)13)8-5-7(11)3-4-9(8)14-2/h3-6H,1-2H3. The van der Waals surface area contributed by atoms with Gasteiger partial charge in [-0.2, -0.15) is 0 Å². The highest BCUT2D eigenvalue weighted by Gasteiger charge is 2.23. The van der Waals surface area contributed by atoms with Gasteiger partial charge in [-0.1, -0.05) is 0 Å². The number of rotatable bonds is 3. The van der Waals surface area contributed by atoms with Crippen LogP contribution in [-0.2, 0) is 9.05 Å². The summed E-state index contributed by atoms with van der Waals surface area (Å²) in [5, 5.41) is -1.01. The molecule has 0 N–H and O–H groups in total. The molecule has 0 aliphatic carbocycles.